The number of aromatic nitrogens is 1. The quantitative estimate of drug-likeness (QED) is 0.689. The highest BCUT2D eigenvalue weighted by Gasteiger charge is 2.09. The van der Waals surface area contributed by atoms with Crippen molar-refractivity contribution in [1.29, 1.82) is 0 Å². The summed E-state index contributed by atoms with van der Waals surface area (Å²) in [5, 5.41) is 0. The van der Waals surface area contributed by atoms with E-state index in [9.17, 15) is 0 Å². The topological polar surface area (TPSA) is 15.8 Å². The minimum Gasteiger partial charge on any atom is -0.362 e. The van der Waals surface area contributed by atoms with Gasteiger partial charge in [-0.1, -0.05) is 27.7 Å². The van der Waals surface area contributed by atoms with Crippen molar-refractivity contribution < 1.29 is 0 Å². The van der Waals surface area contributed by atoms with Gasteiger partial charge in [-0.15, -0.1) is 0 Å². The number of aromatic amines is 1. The van der Waals surface area contributed by atoms with Crippen LogP contribution >= 0.6 is 0 Å². The number of nitrogens with one attached hydrogen (secondary N) is 1. The van der Waals surface area contributed by atoms with Crippen LogP contribution in [0, 0.1) is 6.92 Å². The average Bonchev–Trinajstić information content (AvgIpc) is 2.30. The van der Waals surface area contributed by atoms with Crippen molar-refractivity contribution in [2.45, 2.75) is 46.5 Å². The summed E-state index contributed by atoms with van der Waals surface area (Å²) in [4.78, 5) is 3.43. The molecular formula is C11H19N. The molecule has 1 nitrogen and oxygen atoms in total. The molecule has 1 aromatic heterocycles. The number of aryl methyl sites for hydroxylation is 1. The molecule has 0 unspecified atom stereocenters. The third-order valence-electron chi connectivity index (χ3n) is 2.32. The summed E-state index contributed by atoms with van der Waals surface area (Å²) in [5.41, 5.74) is 4.14. The van der Waals surface area contributed by atoms with Gasteiger partial charge in [-0.05, 0) is 30.4 Å². The highest BCUT2D eigenvalue weighted by molar-refractivity contribution is 5.29. The third kappa shape index (κ3) is 1.71. The lowest BCUT2D eigenvalue weighted by molar-refractivity contribution is 0.828. The van der Waals surface area contributed by atoms with E-state index < -0.39 is 0 Å². The molecule has 0 atom stereocenters. The van der Waals surface area contributed by atoms with Gasteiger partial charge in [-0.2, -0.15) is 0 Å². The van der Waals surface area contributed by atoms with E-state index in [-0.39, 0.29) is 0 Å². The number of hydrogen-bond acceptors (Lipinski definition) is 0. The molecule has 0 aliphatic rings. The van der Waals surface area contributed by atoms with E-state index in [0.29, 0.717) is 11.8 Å². The zero-order valence-electron chi connectivity index (χ0n) is 8.73. The standard InChI is InChI=1S/C11H19N/c1-7(2)10-6-11(8(3)4)12-9(10)5/h6-8,12H,1-5H3. The second-order valence-electron chi connectivity index (χ2n) is 4.11. The zero-order chi connectivity index (χ0) is 9.30. The van der Waals surface area contributed by atoms with Crippen LogP contribution in [0.25, 0.3) is 0 Å². The van der Waals surface area contributed by atoms with Gasteiger partial charge in [0, 0.05) is 11.4 Å². The van der Waals surface area contributed by atoms with Crippen LogP contribution in [0.1, 0.15) is 56.5 Å². The number of hydrogen-bond donors (Lipinski definition) is 1. The van der Waals surface area contributed by atoms with E-state index in [4.69, 9.17) is 0 Å². The molecule has 0 saturated carbocycles. The van der Waals surface area contributed by atoms with Gasteiger partial charge in [-0.25, -0.2) is 0 Å². The molecule has 0 amide bonds. The maximum absolute atomic E-state index is 3.43. The molecule has 0 radical (unpaired) electrons. The van der Waals surface area contributed by atoms with Crippen molar-refractivity contribution in [3.63, 3.8) is 0 Å². The maximum atomic E-state index is 3.43. The first kappa shape index (κ1) is 9.37. The Balaban J connectivity index is 3.00. The number of rotatable bonds is 2. The Morgan fingerprint density at radius 2 is 1.67 bits per heavy atom. The lowest BCUT2D eigenvalue weighted by Crippen LogP contribution is -1.86. The normalized spacial score (nSPS) is 11.6. The first-order valence-corrected chi connectivity index (χ1v) is 4.71. The fourth-order valence-corrected chi connectivity index (χ4v) is 1.51. The Kier molecular flexibility index (Phi) is 2.61. The van der Waals surface area contributed by atoms with Crippen molar-refractivity contribution >= 4 is 0 Å². The van der Waals surface area contributed by atoms with Gasteiger partial charge >= 0.3 is 0 Å². The molecule has 0 bridgehead atoms. The van der Waals surface area contributed by atoms with Crippen molar-refractivity contribution in [2.24, 2.45) is 0 Å². The monoisotopic (exact) mass is 165 g/mol. The van der Waals surface area contributed by atoms with Gasteiger partial charge in [0.25, 0.3) is 0 Å². The SMILES string of the molecule is Cc1[nH]c(C(C)C)cc1C(C)C. The molecule has 1 rings (SSSR count). The minimum absolute atomic E-state index is 0.608. The molecule has 68 valence electrons. The maximum Gasteiger partial charge on any atom is 0.0178 e. The van der Waals surface area contributed by atoms with Crippen LogP contribution < -0.4 is 0 Å². The van der Waals surface area contributed by atoms with Crippen molar-refractivity contribution in [3.05, 3.63) is 23.0 Å². The minimum atomic E-state index is 0.608. The summed E-state index contributed by atoms with van der Waals surface area (Å²) in [7, 11) is 0. The summed E-state index contributed by atoms with van der Waals surface area (Å²) >= 11 is 0. The Hall–Kier alpha value is -0.720. The van der Waals surface area contributed by atoms with E-state index in [1.54, 1.807) is 0 Å². The van der Waals surface area contributed by atoms with Crippen LogP contribution in [-0.4, -0.2) is 4.98 Å². The molecule has 1 heteroatoms. The summed E-state index contributed by atoms with van der Waals surface area (Å²) in [5.74, 6) is 1.24. The largest absolute Gasteiger partial charge is 0.362 e. The van der Waals surface area contributed by atoms with Gasteiger partial charge in [0.1, 0.15) is 0 Å². The second-order valence-corrected chi connectivity index (χ2v) is 4.11. The number of H-pyrrole nitrogens is 1. The van der Waals surface area contributed by atoms with E-state index >= 15 is 0 Å². The summed E-state index contributed by atoms with van der Waals surface area (Å²) < 4.78 is 0. The van der Waals surface area contributed by atoms with Crippen molar-refractivity contribution in [1.82, 2.24) is 4.98 Å². The Bertz CT molecular complexity index is 256. The van der Waals surface area contributed by atoms with E-state index in [1.165, 1.54) is 17.0 Å². The van der Waals surface area contributed by atoms with Crippen molar-refractivity contribution in [3.8, 4) is 0 Å². The van der Waals surface area contributed by atoms with Gasteiger partial charge < -0.3 is 4.98 Å². The molecule has 1 aromatic rings. The molecule has 0 saturated heterocycles. The first-order chi connectivity index (χ1) is 5.52. The van der Waals surface area contributed by atoms with E-state index in [2.05, 4.69) is 45.7 Å². The van der Waals surface area contributed by atoms with Gasteiger partial charge in [-0.3, -0.25) is 0 Å². The lowest BCUT2D eigenvalue weighted by Gasteiger charge is -2.01. The summed E-state index contributed by atoms with van der Waals surface area (Å²) in [6, 6.07) is 2.30. The van der Waals surface area contributed by atoms with Gasteiger partial charge in [0.05, 0.1) is 0 Å². The van der Waals surface area contributed by atoms with Crippen LogP contribution in [0.3, 0.4) is 0 Å². The second kappa shape index (κ2) is 3.34. The molecule has 0 aliphatic carbocycles. The van der Waals surface area contributed by atoms with Crippen LogP contribution in [0.2, 0.25) is 0 Å². The van der Waals surface area contributed by atoms with Gasteiger partial charge in [0.15, 0.2) is 0 Å². The Morgan fingerprint density at radius 1 is 1.08 bits per heavy atom. The molecule has 0 spiro atoms. The van der Waals surface area contributed by atoms with Crippen LogP contribution in [0.15, 0.2) is 6.07 Å². The highest BCUT2D eigenvalue weighted by atomic mass is 14.7. The lowest BCUT2D eigenvalue weighted by atomic mass is 10.0. The highest BCUT2D eigenvalue weighted by Crippen LogP contribution is 2.23. The molecule has 0 aliphatic heterocycles. The van der Waals surface area contributed by atoms with Crippen LogP contribution in [-0.2, 0) is 0 Å². The van der Waals surface area contributed by atoms with Crippen LogP contribution in [0.5, 0.6) is 0 Å². The zero-order valence-corrected chi connectivity index (χ0v) is 8.73. The molecule has 1 N–H and O–H groups in total. The predicted octanol–water partition coefficient (Wildman–Crippen LogP) is 3.57. The molecule has 0 fully saturated rings. The van der Waals surface area contributed by atoms with Gasteiger partial charge in [0.2, 0.25) is 0 Å². The summed E-state index contributed by atoms with van der Waals surface area (Å²) in [6.45, 7) is 11.1. The third-order valence-corrected chi connectivity index (χ3v) is 2.32. The van der Waals surface area contributed by atoms with E-state index in [0.717, 1.165) is 0 Å². The van der Waals surface area contributed by atoms with Crippen LogP contribution in [0.4, 0.5) is 0 Å². The Morgan fingerprint density at radius 3 is 1.92 bits per heavy atom. The fraction of sp³-hybridized carbons (Fsp3) is 0.636. The first-order valence-electron chi connectivity index (χ1n) is 4.71. The van der Waals surface area contributed by atoms with Crippen molar-refractivity contribution in [2.75, 3.05) is 0 Å². The fourth-order valence-electron chi connectivity index (χ4n) is 1.51. The smallest absolute Gasteiger partial charge is 0.0178 e. The van der Waals surface area contributed by atoms with E-state index in [1.807, 2.05) is 0 Å². The molecule has 12 heavy (non-hydrogen) atoms. The predicted molar refractivity (Wildman–Crippen MR) is 53.7 cm³/mol. The molecule has 0 aromatic carbocycles. The molecular weight excluding hydrogens is 146 g/mol. The Labute approximate surface area is 75.2 Å². The molecule has 1 heterocycles. The summed E-state index contributed by atoms with van der Waals surface area (Å²) in [6.07, 6.45) is 0. The average molecular weight is 165 g/mol.